The molecule has 0 spiro atoms. The van der Waals surface area contributed by atoms with Crippen LogP contribution in [0.25, 0.3) is 0 Å². The zero-order chi connectivity index (χ0) is 38.1. The molecule has 2 N–H and O–H groups in total. The first-order valence-corrected chi connectivity index (χ1v) is 18.2. The lowest BCUT2D eigenvalue weighted by molar-refractivity contribution is -0.138. The first-order valence-electron chi connectivity index (χ1n) is 17.8. The van der Waals surface area contributed by atoms with Gasteiger partial charge >= 0.3 is 0 Å². The topological polar surface area (TPSA) is 125 Å². The summed E-state index contributed by atoms with van der Waals surface area (Å²) in [6.45, 7) is 2.02. The number of hydrogen-bond donors (Lipinski definition) is 2. The van der Waals surface area contributed by atoms with Gasteiger partial charge in [0.2, 0.25) is 11.8 Å². The van der Waals surface area contributed by atoms with Crippen LogP contribution in [0.15, 0.2) is 96.6 Å². The number of allylic oxidation sites excluding steroid dienone is 2. The average molecular weight is 750 g/mol. The van der Waals surface area contributed by atoms with Crippen LogP contribution in [0.3, 0.4) is 0 Å². The number of carbonyl (C=O) groups excluding carboxylic acids is 4. The van der Waals surface area contributed by atoms with E-state index in [1.54, 1.807) is 36.4 Å². The third-order valence-electron chi connectivity index (χ3n) is 11.7. The van der Waals surface area contributed by atoms with Crippen LogP contribution >= 0.6 is 11.6 Å². The summed E-state index contributed by atoms with van der Waals surface area (Å²) in [4.78, 5) is 60.4. The van der Waals surface area contributed by atoms with Crippen molar-refractivity contribution in [2.24, 2.45) is 23.7 Å². The van der Waals surface area contributed by atoms with Gasteiger partial charge in [0, 0.05) is 28.6 Å². The van der Waals surface area contributed by atoms with E-state index in [0.29, 0.717) is 33.1 Å². The normalized spacial score (nSPS) is 25.9. The number of halogens is 2. The second-order valence-electron chi connectivity index (χ2n) is 14.2. The quantitative estimate of drug-likeness (QED) is 0.147. The molecule has 4 aromatic rings. The molecule has 4 amide bonds. The maximum atomic E-state index is 15.4. The number of rotatable bonds is 8. The van der Waals surface area contributed by atoms with Crippen molar-refractivity contribution in [2.75, 3.05) is 24.5 Å². The Labute approximate surface area is 316 Å². The number of fused-ring (bicyclic) bond motifs is 4. The van der Waals surface area contributed by atoms with Gasteiger partial charge in [-0.1, -0.05) is 54.4 Å². The second-order valence-corrected chi connectivity index (χ2v) is 14.6. The number of nitrogens with one attached hydrogen (secondary N) is 1. The van der Waals surface area contributed by atoms with Crippen molar-refractivity contribution in [3.63, 3.8) is 0 Å². The second kappa shape index (κ2) is 13.3. The van der Waals surface area contributed by atoms with Gasteiger partial charge in [0.1, 0.15) is 23.1 Å². The third-order valence-corrected chi connectivity index (χ3v) is 11.9. The molecule has 4 aliphatic rings. The molecule has 1 saturated carbocycles. The Morgan fingerprint density at radius 2 is 1.52 bits per heavy atom. The van der Waals surface area contributed by atoms with Crippen molar-refractivity contribution in [2.45, 2.75) is 37.5 Å². The average Bonchev–Trinajstić information content (AvgIpc) is 3.56. The van der Waals surface area contributed by atoms with E-state index < -0.39 is 52.6 Å². The van der Waals surface area contributed by atoms with Crippen LogP contribution in [0.5, 0.6) is 17.2 Å². The minimum Gasteiger partial charge on any atom is -0.508 e. The Kier molecular flexibility index (Phi) is 8.72. The number of nitrogens with zero attached hydrogens (tertiary/aromatic N) is 2. The molecule has 2 heterocycles. The van der Waals surface area contributed by atoms with Crippen LogP contribution in [-0.4, -0.2) is 48.0 Å². The maximum Gasteiger partial charge on any atom is 0.260 e. The van der Waals surface area contributed by atoms with Crippen LogP contribution in [0, 0.1) is 29.5 Å². The Hall–Kier alpha value is -5.68. The first-order chi connectivity index (χ1) is 26.0. The Balaban J connectivity index is 1.36. The Bertz CT molecular complexity index is 2200. The van der Waals surface area contributed by atoms with Crippen LogP contribution in [0.1, 0.15) is 42.4 Å². The Morgan fingerprint density at radius 1 is 0.870 bits per heavy atom. The molecule has 6 unspecified atom stereocenters. The molecule has 0 bridgehead atoms. The number of aromatic hydroxyl groups is 1. The monoisotopic (exact) mass is 749 g/mol. The van der Waals surface area contributed by atoms with Gasteiger partial charge in [0.25, 0.3) is 11.8 Å². The Morgan fingerprint density at radius 3 is 2.13 bits per heavy atom. The third kappa shape index (κ3) is 5.20. The van der Waals surface area contributed by atoms with E-state index in [-0.39, 0.29) is 41.9 Å². The molecule has 4 aromatic carbocycles. The van der Waals surface area contributed by atoms with Gasteiger partial charge in [-0.25, -0.2) is 4.39 Å². The molecule has 2 saturated heterocycles. The summed E-state index contributed by atoms with van der Waals surface area (Å²) in [6.07, 6.45) is 3.00. The van der Waals surface area contributed by atoms with Gasteiger partial charge in [-0.3, -0.25) is 29.5 Å². The van der Waals surface area contributed by atoms with Gasteiger partial charge in [0.15, 0.2) is 0 Å². The molecule has 6 atom stereocenters. The van der Waals surface area contributed by atoms with Crippen LogP contribution in [0.4, 0.5) is 15.8 Å². The first kappa shape index (κ1) is 35.4. The van der Waals surface area contributed by atoms with E-state index in [1.165, 1.54) is 55.5 Å². The predicted octanol–water partition coefficient (Wildman–Crippen LogP) is 6.95. The van der Waals surface area contributed by atoms with Crippen molar-refractivity contribution in [1.82, 2.24) is 5.01 Å². The van der Waals surface area contributed by atoms with E-state index in [0.717, 1.165) is 17.0 Å². The zero-order valence-corrected chi connectivity index (χ0v) is 30.5. The van der Waals surface area contributed by atoms with Gasteiger partial charge < -0.3 is 14.6 Å². The fourth-order valence-corrected chi connectivity index (χ4v) is 9.44. The van der Waals surface area contributed by atoms with Crippen LogP contribution < -0.4 is 19.8 Å². The molecule has 2 aliphatic heterocycles. The summed E-state index contributed by atoms with van der Waals surface area (Å²) in [5, 5.41) is 12.1. The molecular formula is C42H37ClFN3O7. The number of phenolic OH excluding ortho intramolecular Hbond substituents is 1. The number of amides is 4. The molecule has 0 radical (unpaired) electrons. The molecule has 8 rings (SSSR count). The molecule has 3 fully saturated rings. The summed E-state index contributed by atoms with van der Waals surface area (Å²) in [7, 11) is 2.86. The molecule has 10 nitrogen and oxygen atoms in total. The van der Waals surface area contributed by atoms with Crippen molar-refractivity contribution < 1.29 is 38.1 Å². The molecule has 54 heavy (non-hydrogen) atoms. The lowest BCUT2D eigenvalue weighted by Gasteiger charge is -2.51. The number of hydrazine groups is 1. The van der Waals surface area contributed by atoms with Crippen molar-refractivity contribution in [3.8, 4) is 17.2 Å². The lowest BCUT2D eigenvalue weighted by Crippen LogP contribution is -2.53. The minimum absolute atomic E-state index is 0.0582. The van der Waals surface area contributed by atoms with Crippen LogP contribution in [-0.2, 0) is 31.0 Å². The van der Waals surface area contributed by atoms with Crippen molar-refractivity contribution in [3.05, 3.63) is 124 Å². The standard InChI is InChI=1S/C42H37ClFN3O7/c1-4-22-5-15-27(16-6-22)46-38(49)30-18-17-29-31(35(30)40(46)51)21-32-39(50)47(45-26-13-11-25(44)12-14-26)41(52)42(32,23-7-9-24(43)10-8-23)37(29)36-33(53-2)19-28(48)20-34(36)54-3/h5-17,19-20,30-32,35,37,45,48H,4,18,21H2,1-3H3. The number of methoxy groups -OCH3 is 2. The zero-order valence-electron chi connectivity index (χ0n) is 29.7. The number of phenols is 1. The van der Waals surface area contributed by atoms with Gasteiger partial charge in [-0.05, 0) is 84.8 Å². The van der Waals surface area contributed by atoms with Gasteiger partial charge in [-0.15, -0.1) is 0 Å². The number of hydrogen-bond acceptors (Lipinski definition) is 8. The van der Waals surface area contributed by atoms with E-state index in [1.807, 2.05) is 25.1 Å². The summed E-state index contributed by atoms with van der Waals surface area (Å²) < 4.78 is 25.7. The number of imide groups is 2. The summed E-state index contributed by atoms with van der Waals surface area (Å²) in [6, 6.07) is 22.2. The molecule has 0 aromatic heterocycles. The summed E-state index contributed by atoms with van der Waals surface area (Å²) in [5.74, 6) is -6.33. The fourth-order valence-electron chi connectivity index (χ4n) is 9.31. The SMILES string of the molecule is CCc1ccc(N2C(=O)C3CC=C4C(CC5C(=O)N(Nc6ccc(F)cc6)C(=O)C5(c5ccc(Cl)cc5)C4c4c(OC)cc(O)cc4OC)C3C2=O)cc1. The number of benzene rings is 4. The number of ether oxygens (including phenoxy) is 2. The molecule has 276 valence electrons. The summed E-state index contributed by atoms with van der Waals surface area (Å²) >= 11 is 6.40. The number of anilines is 2. The highest BCUT2D eigenvalue weighted by atomic mass is 35.5. The highest BCUT2D eigenvalue weighted by Gasteiger charge is 2.71. The van der Waals surface area contributed by atoms with Gasteiger partial charge in [0.05, 0.1) is 48.8 Å². The maximum absolute atomic E-state index is 15.4. The van der Waals surface area contributed by atoms with Crippen LogP contribution in [0.2, 0.25) is 5.02 Å². The largest absolute Gasteiger partial charge is 0.508 e. The highest BCUT2D eigenvalue weighted by molar-refractivity contribution is 6.30. The van der Waals surface area contributed by atoms with E-state index in [2.05, 4.69) is 5.43 Å². The smallest absolute Gasteiger partial charge is 0.260 e. The summed E-state index contributed by atoms with van der Waals surface area (Å²) in [5.41, 5.74) is 4.67. The predicted molar refractivity (Wildman–Crippen MR) is 199 cm³/mol. The molecule has 12 heteroatoms. The lowest BCUT2D eigenvalue weighted by atomic mass is 9.49. The number of carbonyl (C=O) groups is 4. The van der Waals surface area contributed by atoms with Crippen molar-refractivity contribution in [1.29, 1.82) is 0 Å². The van der Waals surface area contributed by atoms with Crippen molar-refractivity contribution >= 4 is 46.6 Å². The highest BCUT2D eigenvalue weighted by Crippen LogP contribution is 2.66. The minimum atomic E-state index is -1.66. The number of aryl methyl sites for hydroxylation is 1. The van der Waals surface area contributed by atoms with Gasteiger partial charge in [-0.2, -0.15) is 5.01 Å². The van der Waals surface area contributed by atoms with E-state index in [9.17, 15) is 23.9 Å². The van der Waals surface area contributed by atoms with E-state index >= 15 is 4.79 Å². The van der Waals surface area contributed by atoms with E-state index in [4.69, 9.17) is 21.1 Å². The molecule has 2 aliphatic carbocycles. The fraction of sp³-hybridized carbons (Fsp3) is 0.286. The molecular weight excluding hydrogens is 713 g/mol.